The van der Waals surface area contributed by atoms with E-state index in [0.29, 0.717) is 17.2 Å². The van der Waals surface area contributed by atoms with Crippen molar-refractivity contribution in [1.82, 2.24) is 0 Å². The summed E-state index contributed by atoms with van der Waals surface area (Å²) in [6.07, 6.45) is 1.58. The van der Waals surface area contributed by atoms with E-state index in [4.69, 9.17) is 0 Å². The highest BCUT2D eigenvalue weighted by Gasteiger charge is 2.15. The van der Waals surface area contributed by atoms with Crippen molar-refractivity contribution in [2.24, 2.45) is 5.73 Å². The number of hydrogen-bond donors (Lipinski definition) is 2. The second-order valence-corrected chi connectivity index (χ2v) is 6.07. The molecule has 5 nitrogen and oxygen atoms in total. The van der Waals surface area contributed by atoms with Gasteiger partial charge in [-0.2, -0.15) is 0 Å². The van der Waals surface area contributed by atoms with Crippen LogP contribution in [0.1, 0.15) is 6.92 Å². The van der Waals surface area contributed by atoms with E-state index in [-0.39, 0.29) is 5.48 Å². The Morgan fingerprint density at radius 3 is 2.12 bits per heavy atom. The smallest absolute Gasteiger partial charge is 0.273 e. The summed E-state index contributed by atoms with van der Waals surface area (Å²) in [6, 6.07) is 0. The number of rotatable bonds is 4. The van der Waals surface area contributed by atoms with E-state index in [1.807, 2.05) is 28.1 Å². The first-order valence-electron chi connectivity index (χ1n) is 4.85. The Morgan fingerprint density at radius 1 is 1.56 bits per heavy atom. The minimum Gasteiger partial charge on any atom is -0.629 e. The molecule has 0 bridgehead atoms. The van der Waals surface area contributed by atoms with Crippen LogP contribution in [0.3, 0.4) is 0 Å². The summed E-state index contributed by atoms with van der Waals surface area (Å²) >= 11 is 0. The maximum Gasteiger partial charge on any atom is 0.273 e. The fourth-order valence-corrected chi connectivity index (χ4v) is 1.63. The molecule has 0 radical (unpaired) electrons. The van der Waals surface area contributed by atoms with Crippen LogP contribution in [0.5, 0.6) is 0 Å². The van der Waals surface area contributed by atoms with Gasteiger partial charge in [-0.3, -0.25) is 4.79 Å². The molecule has 94 valence electrons. The zero-order chi connectivity index (χ0) is 13.4. The SMILES string of the molecule is C=CC(N)=O.CC/[P+]([O-])=C(\O)C[N+](C)(C)C. The predicted octanol–water partition coefficient (Wildman–Crippen LogP) is -0.370. The van der Waals surface area contributed by atoms with Crippen LogP contribution in [0.2, 0.25) is 0 Å². The van der Waals surface area contributed by atoms with Crippen LogP contribution in [0.25, 0.3) is 0 Å². The van der Waals surface area contributed by atoms with E-state index in [1.165, 1.54) is 0 Å². The van der Waals surface area contributed by atoms with Gasteiger partial charge in [0.2, 0.25) is 5.91 Å². The van der Waals surface area contributed by atoms with Crippen molar-refractivity contribution in [2.45, 2.75) is 6.92 Å². The summed E-state index contributed by atoms with van der Waals surface area (Å²) < 4.78 is 0.618. The summed E-state index contributed by atoms with van der Waals surface area (Å²) in [5.74, 6) is -0.481. The number of quaternary nitrogens is 1. The Bertz CT molecular complexity index is 270. The molecule has 1 amide bonds. The summed E-state index contributed by atoms with van der Waals surface area (Å²) in [5.41, 5.74) is 4.67. The fraction of sp³-hybridized carbons (Fsp3) is 0.600. The Labute approximate surface area is 98.2 Å². The van der Waals surface area contributed by atoms with Gasteiger partial charge in [-0.05, 0) is 13.0 Å². The van der Waals surface area contributed by atoms with Gasteiger partial charge in [0.05, 0.1) is 28.9 Å². The standard InChI is InChI=1S/C7H16NO2P.C3H5NO/c1-5-11(10)7(9)6-8(2,3)4;1-2-3(4)5/h5-6H2,1-4H3;2H,1H2,(H2,4,5)/p+1. The molecule has 0 aromatic carbocycles. The number of hydrogen-bond acceptors (Lipinski definition) is 2. The molecule has 16 heavy (non-hydrogen) atoms. The number of nitrogens with zero attached hydrogens (tertiary/aromatic N) is 1. The number of carbonyl (C=O) groups excluding carboxylic acids is 1. The molecular weight excluding hydrogens is 227 g/mol. The molecule has 0 heterocycles. The molecule has 0 fully saturated rings. The first kappa shape index (κ1) is 17.6. The highest BCUT2D eigenvalue weighted by molar-refractivity contribution is 7.51. The number of likely N-dealkylation sites (N-methyl/N-ethyl adjacent to an activating group) is 1. The molecule has 1 unspecified atom stereocenters. The number of aliphatic hydroxyl groups is 1. The molecule has 0 spiro atoms. The van der Waals surface area contributed by atoms with Crippen LogP contribution < -0.4 is 10.6 Å². The Hall–Kier alpha value is -0.740. The van der Waals surface area contributed by atoms with Gasteiger partial charge < -0.3 is 20.2 Å². The minimum absolute atomic E-state index is 0.134. The van der Waals surface area contributed by atoms with Crippen LogP contribution >= 0.6 is 7.77 Å². The second kappa shape index (κ2) is 8.42. The molecule has 0 rings (SSSR count). The van der Waals surface area contributed by atoms with Gasteiger partial charge in [0.25, 0.3) is 5.48 Å². The Morgan fingerprint density at radius 2 is 1.94 bits per heavy atom. The molecule has 0 aliphatic heterocycles. The third-order valence-corrected chi connectivity index (χ3v) is 2.68. The van der Waals surface area contributed by atoms with Crippen molar-refractivity contribution in [1.29, 1.82) is 0 Å². The van der Waals surface area contributed by atoms with Crippen molar-refractivity contribution < 1.29 is 19.3 Å². The topological polar surface area (TPSA) is 86.4 Å². The van der Waals surface area contributed by atoms with Gasteiger partial charge in [0, 0.05) is 0 Å². The number of carbonyl (C=O) groups is 1. The average Bonchev–Trinajstić information content (AvgIpc) is 2.14. The fourth-order valence-electron chi connectivity index (χ4n) is 0.686. The van der Waals surface area contributed by atoms with Crippen LogP contribution in [-0.4, -0.2) is 54.8 Å². The second-order valence-electron chi connectivity index (χ2n) is 4.17. The third kappa shape index (κ3) is 13.3. The van der Waals surface area contributed by atoms with E-state index in [1.54, 1.807) is 0 Å². The molecule has 0 aliphatic carbocycles. The third-order valence-electron chi connectivity index (χ3n) is 1.39. The lowest BCUT2D eigenvalue weighted by Gasteiger charge is -2.21. The molecule has 0 aliphatic rings. The summed E-state index contributed by atoms with van der Waals surface area (Å²) in [7, 11) is 4.36. The average molecular weight is 249 g/mol. The molecule has 0 saturated heterocycles. The van der Waals surface area contributed by atoms with E-state index < -0.39 is 13.7 Å². The van der Waals surface area contributed by atoms with Crippen molar-refractivity contribution >= 4 is 19.2 Å². The van der Waals surface area contributed by atoms with Gasteiger partial charge in [0.1, 0.15) is 6.16 Å². The maximum atomic E-state index is 11.0. The molecule has 6 heteroatoms. The lowest BCUT2D eigenvalue weighted by atomic mass is 10.5. The lowest BCUT2D eigenvalue weighted by Crippen LogP contribution is -2.39. The normalized spacial score (nSPS) is 12.1. The first-order valence-corrected chi connectivity index (χ1v) is 6.30. The van der Waals surface area contributed by atoms with E-state index in [2.05, 4.69) is 12.3 Å². The van der Waals surface area contributed by atoms with Crippen LogP contribution in [-0.2, 0) is 4.79 Å². The van der Waals surface area contributed by atoms with Crippen molar-refractivity contribution in [2.75, 3.05) is 33.8 Å². The van der Waals surface area contributed by atoms with Gasteiger partial charge in [-0.25, -0.2) is 0 Å². The zero-order valence-corrected chi connectivity index (χ0v) is 11.3. The predicted molar refractivity (Wildman–Crippen MR) is 66.7 cm³/mol. The number of nitrogens with two attached hydrogens (primary N) is 1. The van der Waals surface area contributed by atoms with Gasteiger partial charge in [-0.15, -0.1) is 0 Å². The van der Waals surface area contributed by atoms with Crippen molar-refractivity contribution in [3.8, 4) is 0 Å². The summed E-state index contributed by atoms with van der Waals surface area (Å²) in [5, 5.41) is 9.27. The van der Waals surface area contributed by atoms with Crippen LogP contribution in [0.15, 0.2) is 12.7 Å². The van der Waals surface area contributed by atoms with Gasteiger partial charge in [-0.1, -0.05) is 6.58 Å². The number of primary amides is 1. The molecule has 0 aromatic rings. The largest absolute Gasteiger partial charge is 0.629 e. The van der Waals surface area contributed by atoms with Crippen LogP contribution in [0.4, 0.5) is 0 Å². The molecule has 0 saturated carbocycles. The Balaban J connectivity index is 0. The molecule has 3 N–H and O–H groups in total. The summed E-state index contributed by atoms with van der Waals surface area (Å²) in [4.78, 5) is 20.5. The van der Waals surface area contributed by atoms with Gasteiger partial charge >= 0.3 is 0 Å². The van der Waals surface area contributed by atoms with Crippen molar-refractivity contribution in [3.05, 3.63) is 12.7 Å². The molecular formula is C10H22N2O3P+. The Kier molecular flexibility index (Phi) is 9.28. The van der Waals surface area contributed by atoms with E-state index in [9.17, 15) is 14.8 Å². The monoisotopic (exact) mass is 249 g/mol. The summed E-state index contributed by atoms with van der Waals surface area (Å²) in [6.45, 7) is 5.37. The van der Waals surface area contributed by atoms with E-state index in [0.717, 1.165) is 6.08 Å². The van der Waals surface area contributed by atoms with Gasteiger partial charge in [0.15, 0.2) is 6.54 Å². The highest BCUT2D eigenvalue weighted by Crippen LogP contribution is 2.11. The van der Waals surface area contributed by atoms with E-state index >= 15 is 0 Å². The van der Waals surface area contributed by atoms with Crippen LogP contribution in [0, 0.1) is 0 Å². The minimum atomic E-state index is -1.50. The number of amides is 1. The first-order chi connectivity index (χ1) is 7.14. The van der Waals surface area contributed by atoms with Crippen molar-refractivity contribution in [3.63, 3.8) is 0 Å². The quantitative estimate of drug-likeness (QED) is 0.405. The number of aliphatic hydroxyl groups excluding tert-OH is 1. The zero-order valence-electron chi connectivity index (χ0n) is 10.4. The molecule has 0 aromatic heterocycles. The highest BCUT2D eigenvalue weighted by atomic mass is 31.1. The molecule has 1 atom stereocenters. The lowest BCUT2D eigenvalue weighted by molar-refractivity contribution is -0.861. The maximum absolute atomic E-state index is 11.0.